The fourth-order valence-corrected chi connectivity index (χ4v) is 3.36. The van der Waals surface area contributed by atoms with Gasteiger partial charge in [0.05, 0.1) is 0 Å². The number of hydrogen-bond acceptors (Lipinski definition) is 3. The van der Waals surface area contributed by atoms with E-state index in [1.54, 1.807) is 0 Å². The lowest BCUT2D eigenvalue weighted by atomic mass is 10.2. The SMILES string of the molecule is CCc1n[nH]c(=S)n1C(C)Cc1ccc(C)s1. The third-order valence-electron chi connectivity index (χ3n) is 2.83. The van der Waals surface area contributed by atoms with E-state index in [0.717, 1.165) is 23.4 Å². The lowest BCUT2D eigenvalue weighted by Gasteiger charge is -2.14. The Morgan fingerprint density at radius 3 is 2.88 bits per heavy atom. The zero-order chi connectivity index (χ0) is 12.4. The molecule has 0 bridgehead atoms. The van der Waals surface area contributed by atoms with Crippen molar-refractivity contribution in [2.75, 3.05) is 0 Å². The van der Waals surface area contributed by atoms with Crippen LogP contribution in [-0.2, 0) is 12.8 Å². The van der Waals surface area contributed by atoms with Crippen molar-refractivity contribution in [2.45, 2.75) is 39.7 Å². The van der Waals surface area contributed by atoms with E-state index in [1.165, 1.54) is 9.75 Å². The van der Waals surface area contributed by atoms with Gasteiger partial charge < -0.3 is 4.57 Å². The zero-order valence-corrected chi connectivity index (χ0v) is 12.0. The molecule has 0 saturated carbocycles. The molecule has 0 aliphatic rings. The smallest absolute Gasteiger partial charge is 0.195 e. The molecule has 2 rings (SSSR count). The maximum atomic E-state index is 5.29. The molecule has 2 aromatic rings. The van der Waals surface area contributed by atoms with Crippen LogP contribution in [0.5, 0.6) is 0 Å². The van der Waals surface area contributed by atoms with Crippen LogP contribution in [0.3, 0.4) is 0 Å². The maximum Gasteiger partial charge on any atom is 0.195 e. The molecule has 1 unspecified atom stereocenters. The van der Waals surface area contributed by atoms with Gasteiger partial charge in [0.25, 0.3) is 0 Å². The molecule has 3 nitrogen and oxygen atoms in total. The van der Waals surface area contributed by atoms with Gasteiger partial charge in [-0.1, -0.05) is 6.92 Å². The Balaban J connectivity index is 2.22. The predicted octanol–water partition coefficient (Wildman–Crippen LogP) is 3.68. The summed E-state index contributed by atoms with van der Waals surface area (Å²) in [7, 11) is 0. The molecule has 17 heavy (non-hydrogen) atoms. The average Bonchev–Trinajstić information content (AvgIpc) is 2.84. The van der Waals surface area contributed by atoms with Gasteiger partial charge in [0.2, 0.25) is 0 Å². The first-order chi connectivity index (χ1) is 8.11. The largest absolute Gasteiger partial charge is 0.301 e. The first-order valence-corrected chi connectivity index (χ1v) is 7.05. The molecule has 0 fully saturated rings. The number of aryl methyl sites for hydroxylation is 2. The number of aromatic amines is 1. The van der Waals surface area contributed by atoms with Gasteiger partial charge in [-0.25, -0.2) is 0 Å². The Kier molecular flexibility index (Phi) is 3.79. The summed E-state index contributed by atoms with van der Waals surface area (Å²) in [6.07, 6.45) is 1.92. The van der Waals surface area contributed by atoms with E-state index in [9.17, 15) is 0 Å². The van der Waals surface area contributed by atoms with E-state index in [1.807, 2.05) is 11.3 Å². The van der Waals surface area contributed by atoms with Crippen LogP contribution in [0.15, 0.2) is 12.1 Å². The molecule has 1 N–H and O–H groups in total. The molecule has 0 aliphatic carbocycles. The van der Waals surface area contributed by atoms with Gasteiger partial charge in [0.15, 0.2) is 4.77 Å². The van der Waals surface area contributed by atoms with E-state index >= 15 is 0 Å². The van der Waals surface area contributed by atoms with Crippen molar-refractivity contribution in [3.63, 3.8) is 0 Å². The fraction of sp³-hybridized carbons (Fsp3) is 0.500. The third-order valence-corrected chi connectivity index (χ3v) is 4.14. The fourth-order valence-electron chi connectivity index (χ4n) is 2.02. The van der Waals surface area contributed by atoms with Crippen LogP contribution >= 0.6 is 23.6 Å². The second kappa shape index (κ2) is 5.14. The molecule has 0 aliphatic heterocycles. The molecule has 0 spiro atoms. The second-order valence-electron chi connectivity index (χ2n) is 4.23. The van der Waals surface area contributed by atoms with E-state index < -0.39 is 0 Å². The Hall–Kier alpha value is -0.940. The summed E-state index contributed by atoms with van der Waals surface area (Å²) in [6, 6.07) is 4.72. The van der Waals surface area contributed by atoms with Crippen LogP contribution in [0, 0.1) is 11.7 Å². The number of thiophene rings is 1. The summed E-state index contributed by atoms with van der Waals surface area (Å²) in [5.41, 5.74) is 0. The van der Waals surface area contributed by atoms with Gasteiger partial charge in [-0.2, -0.15) is 5.10 Å². The number of hydrogen-bond donors (Lipinski definition) is 1. The first kappa shape index (κ1) is 12.5. The highest BCUT2D eigenvalue weighted by Gasteiger charge is 2.12. The molecule has 1 atom stereocenters. The predicted molar refractivity (Wildman–Crippen MR) is 74.3 cm³/mol. The van der Waals surface area contributed by atoms with Crippen molar-refractivity contribution in [1.82, 2.24) is 14.8 Å². The van der Waals surface area contributed by atoms with Gasteiger partial charge in [-0.15, -0.1) is 11.3 Å². The molecule has 2 heterocycles. The van der Waals surface area contributed by atoms with Crippen LogP contribution < -0.4 is 0 Å². The van der Waals surface area contributed by atoms with Gasteiger partial charge in [0, 0.05) is 28.6 Å². The van der Waals surface area contributed by atoms with Gasteiger partial charge >= 0.3 is 0 Å². The summed E-state index contributed by atoms with van der Waals surface area (Å²) in [5.74, 6) is 1.04. The van der Waals surface area contributed by atoms with Crippen molar-refractivity contribution in [1.29, 1.82) is 0 Å². The molecule has 0 amide bonds. The van der Waals surface area contributed by atoms with Crippen molar-refractivity contribution >= 4 is 23.6 Å². The Bertz CT molecular complexity index is 550. The van der Waals surface area contributed by atoms with Crippen molar-refractivity contribution in [2.24, 2.45) is 0 Å². The molecular formula is C12H17N3S2. The van der Waals surface area contributed by atoms with E-state index in [4.69, 9.17) is 12.2 Å². The van der Waals surface area contributed by atoms with Crippen LogP contribution in [0.2, 0.25) is 0 Å². The minimum absolute atomic E-state index is 0.356. The number of nitrogens with one attached hydrogen (secondary N) is 1. The van der Waals surface area contributed by atoms with Crippen LogP contribution in [0.25, 0.3) is 0 Å². The summed E-state index contributed by atoms with van der Waals surface area (Å²) in [5, 5.41) is 7.13. The molecule has 5 heteroatoms. The summed E-state index contributed by atoms with van der Waals surface area (Å²) < 4.78 is 2.85. The van der Waals surface area contributed by atoms with Gasteiger partial charge in [0.1, 0.15) is 5.82 Å². The minimum Gasteiger partial charge on any atom is -0.301 e. The molecule has 0 saturated heterocycles. The molecule has 0 radical (unpaired) electrons. The maximum absolute atomic E-state index is 5.29. The van der Waals surface area contributed by atoms with E-state index in [2.05, 4.69) is 47.7 Å². The average molecular weight is 267 g/mol. The lowest BCUT2D eigenvalue weighted by Crippen LogP contribution is -2.11. The van der Waals surface area contributed by atoms with Crippen LogP contribution in [-0.4, -0.2) is 14.8 Å². The summed E-state index contributed by atoms with van der Waals surface area (Å²) in [6.45, 7) is 6.43. The van der Waals surface area contributed by atoms with E-state index in [0.29, 0.717) is 6.04 Å². The van der Waals surface area contributed by atoms with Crippen molar-refractivity contribution in [3.8, 4) is 0 Å². The monoisotopic (exact) mass is 267 g/mol. The normalized spacial score (nSPS) is 12.9. The highest BCUT2D eigenvalue weighted by atomic mass is 32.1. The molecular weight excluding hydrogens is 250 g/mol. The quantitative estimate of drug-likeness (QED) is 0.857. The Morgan fingerprint density at radius 1 is 1.53 bits per heavy atom. The van der Waals surface area contributed by atoms with Crippen molar-refractivity contribution in [3.05, 3.63) is 32.5 Å². The molecule has 2 aromatic heterocycles. The number of H-pyrrole nitrogens is 1. The Labute approximate surface area is 111 Å². The minimum atomic E-state index is 0.356. The summed E-state index contributed by atoms with van der Waals surface area (Å²) in [4.78, 5) is 2.76. The third kappa shape index (κ3) is 2.66. The number of nitrogens with zero attached hydrogens (tertiary/aromatic N) is 2. The molecule has 0 aromatic carbocycles. The molecule has 92 valence electrons. The number of aromatic nitrogens is 3. The highest BCUT2D eigenvalue weighted by molar-refractivity contribution is 7.71. The standard InChI is InChI=1S/C12H17N3S2/c1-4-11-13-14-12(16)15(11)8(2)7-10-6-5-9(3)17-10/h5-6,8H,4,7H2,1-3H3,(H,14,16). The Morgan fingerprint density at radius 2 is 2.29 bits per heavy atom. The van der Waals surface area contributed by atoms with Gasteiger partial charge in [-0.3, -0.25) is 5.10 Å². The first-order valence-electron chi connectivity index (χ1n) is 5.83. The summed E-state index contributed by atoms with van der Waals surface area (Å²) >= 11 is 7.14. The van der Waals surface area contributed by atoms with Crippen molar-refractivity contribution < 1.29 is 0 Å². The zero-order valence-electron chi connectivity index (χ0n) is 10.4. The number of rotatable bonds is 4. The lowest BCUT2D eigenvalue weighted by molar-refractivity contribution is 0.520. The second-order valence-corrected chi connectivity index (χ2v) is 5.99. The topological polar surface area (TPSA) is 33.6 Å². The van der Waals surface area contributed by atoms with Crippen LogP contribution in [0.1, 0.15) is 35.5 Å². The van der Waals surface area contributed by atoms with E-state index in [-0.39, 0.29) is 0 Å². The highest BCUT2D eigenvalue weighted by Crippen LogP contribution is 2.22. The van der Waals surface area contributed by atoms with Crippen LogP contribution in [0.4, 0.5) is 0 Å². The van der Waals surface area contributed by atoms with Gasteiger partial charge in [-0.05, 0) is 38.2 Å².